The van der Waals surface area contributed by atoms with E-state index in [2.05, 4.69) is 10.5 Å². The van der Waals surface area contributed by atoms with Gasteiger partial charge in [0.25, 0.3) is 0 Å². The lowest BCUT2D eigenvalue weighted by Gasteiger charge is -2.02. The number of sulfonamides is 1. The standard InChI is InChI=1S/C8H11NO2S/c1-2-7-9-12(10,11)8-5-3-4-6-8/h3-5,9H,2,7H2,1H3. The van der Waals surface area contributed by atoms with Crippen molar-refractivity contribution in [2.45, 2.75) is 13.3 Å². The summed E-state index contributed by atoms with van der Waals surface area (Å²) >= 11 is 0. The summed E-state index contributed by atoms with van der Waals surface area (Å²) in [7, 11) is -3.28. The molecule has 0 saturated carbocycles. The van der Waals surface area contributed by atoms with Crippen LogP contribution in [0.4, 0.5) is 0 Å². The molecule has 1 aliphatic carbocycles. The van der Waals surface area contributed by atoms with Crippen molar-refractivity contribution in [3.8, 4) is 0 Å². The maximum absolute atomic E-state index is 11.3. The van der Waals surface area contributed by atoms with Crippen molar-refractivity contribution in [3.63, 3.8) is 0 Å². The van der Waals surface area contributed by atoms with Gasteiger partial charge < -0.3 is 0 Å². The van der Waals surface area contributed by atoms with Gasteiger partial charge in [-0.15, -0.1) is 0 Å². The lowest BCUT2D eigenvalue weighted by Crippen LogP contribution is -2.24. The quantitative estimate of drug-likeness (QED) is 0.662. The summed E-state index contributed by atoms with van der Waals surface area (Å²) < 4.78 is 25.1. The highest BCUT2D eigenvalue weighted by Crippen LogP contribution is 2.08. The van der Waals surface area contributed by atoms with E-state index in [4.69, 9.17) is 0 Å². The molecule has 12 heavy (non-hydrogen) atoms. The molecule has 3 nitrogen and oxygen atoms in total. The number of rotatable bonds is 4. The number of nitrogens with one attached hydrogen (secondary N) is 1. The fourth-order valence-electron chi connectivity index (χ4n) is 0.795. The van der Waals surface area contributed by atoms with E-state index in [0.717, 1.165) is 6.42 Å². The van der Waals surface area contributed by atoms with Crippen LogP contribution >= 0.6 is 0 Å². The van der Waals surface area contributed by atoms with E-state index < -0.39 is 10.0 Å². The summed E-state index contributed by atoms with van der Waals surface area (Å²) in [5.74, 6) is 0. The predicted octanol–water partition coefficient (Wildman–Crippen LogP) is 0.925. The topological polar surface area (TPSA) is 46.2 Å². The molecule has 0 radical (unpaired) electrons. The van der Waals surface area contributed by atoms with Crippen molar-refractivity contribution in [2.75, 3.05) is 6.54 Å². The Morgan fingerprint density at radius 1 is 1.58 bits per heavy atom. The minimum Gasteiger partial charge on any atom is -0.211 e. The number of hydrogen-bond acceptors (Lipinski definition) is 2. The van der Waals surface area contributed by atoms with E-state index in [1.807, 2.05) is 6.92 Å². The first-order valence-electron chi connectivity index (χ1n) is 3.80. The predicted molar refractivity (Wildman–Crippen MR) is 47.9 cm³/mol. The zero-order chi connectivity index (χ0) is 9.03. The van der Waals surface area contributed by atoms with E-state index in [0.29, 0.717) is 6.54 Å². The molecular weight excluding hydrogens is 174 g/mol. The van der Waals surface area contributed by atoms with Crippen molar-refractivity contribution < 1.29 is 8.42 Å². The first-order chi connectivity index (χ1) is 5.67. The molecular formula is C8H11NO2S. The Balaban J connectivity index is 2.73. The molecule has 0 aromatic heterocycles. The molecule has 1 aliphatic rings. The summed E-state index contributed by atoms with van der Waals surface area (Å²) in [6.45, 7) is 2.39. The summed E-state index contributed by atoms with van der Waals surface area (Å²) in [6.07, 6.45) is 5.55. The molecule has 0 fully saturated rings. The van der Waals surface area contributed by atoms with E-state index in [-0.39, 0.29) is 4.91 Å². The first kappa shape index (κ1) is 9.26. The normalized spacial score (nSPS) is 15.2. The Morgan fingerprint density at radius 3 is 2.83 bits per heavy atom. The average molecular weight is 185 g/mol. The molecule has 0 aromatic rings. The molecule has 0 aromatic carbocycles. The minimum absolute atomic E-state index is 0.218. The highest BCUT2D eigenvalue weighted by molar-refractivity contribution is 7.93. The van der Waals surface area contributed by atoms with Crippen LogP contribution < -0.4 is 4.72 Å². The second kappa shape index (κ2) is 3.72. The van der Waals surface area contributed by atoms with Gasteiger partial charge in [0.05, 0.1) is 0 Å². The second-order valence-electron chi connectivity index (χ2n) is 2.43. The van der Waals surface area contributed by atoms with Gasteiger partial charge >= 0.3 is 0 Å². The highest BCUT2D eigenvalue weighted by Gasteiger charge is 2.14. The molecule has 0 heterocycles. The molecule has 0 amide bonds. The highest BCUT2D eigenvalue weighted by atomic mass is 32.2. The Bertz CT molecular complexity index is 345. The lowest BCUT2D eigenvalue weighted by molar-refractivity contribution is 0.588. The van der Waals surface area contributed by atoms with Crippen LogP contribution in [0.1, 0.15) is 13.3 Å². The van der Waals surface area contributed by atoms with Crippen LogP contribution in [0, 0.1) is 0 Å². The largest absolute Gasteiger partial charge is 0.247 e. The Labute approximate surface area is 72.5 Å². The summed E-state index contributed by atoms with van der Waals surface area (Å²) in [4.78, 5) is 0.218. The van der Waals surface area contributed by atoms with Gasteiger partial charge in [-0.25, -0.2) is 13.1 Å². The average Bonchev–Trinajstić information content (AvgIpc) is 2.53. The van der Waals surface area contributed by atoms with Crippen LogP contribution in [-0.2, 0) is 10.0 Å². The van der Waals surface area contributed by atoms with Crippen molar-refractivity contribution in [1.29, 1.82) is 0 Å². The van der Waals surface area contributed by atoms with Crippen LogP contribution in [0.25, 0.3) is 0 Å². The third-order valence-corrected chi connectivity index (χ3v) is 2.82. The second-order valence-corrected chi connectivity index (χ2v) is 4.17. The molecule has 0 unspecified atom stereocenters. The SMILES string of the molecule is CCCNS(=O)(=O)C1=C=CC=C1. The van der Waals surface area contributed by atoms with Gasteiger partial charge in [0.2, 0.25) is 10.0 Å². The van der Waals surface area contributed by atoms with E-state index in [9.17, 15) is 8.42 Å². The van der Waals surface area contributed by atoms with Gasteiger partial charge in [-0.3, -0.25) is 0 Å². The van der Waals surface area contributed by atoms with Crippen molar-refractivity contribution in [1.82, 2.24) is 4.72 Å². The van der Waals surface area contributed by atoms with E-state index in [1.165, 1.54) is 6.08 Å². The van der Waals surface area contributed by atoms with Gasteiger partial charge in [0.15, 0.2) is 0 Å². The van der Waals surface area contributed by atoms with Gasteiger partial charge in [-0.2, -0.15) is 0 Å². The number of allylic oxidation sites excluding steroid dienone is 2. The monoisotopic (exact) mass is 185 g/mol. The first-order valence-corrected chi connectivity index (χ1v) is 5.28. The van der Waals surface area contributed by atoms with Crippen molar-refractivity contribution >= 4 is 10.0 Å². The van der Waals surface area contributed by atoms with E-state index in [1.54, 1.807) is 12.2 Å². The molecule has 0 aliphatic heterocycles. The summed E-state index contributed by atoms with van der Waals surface area (Å²) in [6, 6.07) is 0. The Kier molecular flexibility index (Phi) is 2.87. The molecule has 0 atom stereocenters. The van der Waals surface area contributed by atoms with Crippen LogP contribution in [0.15, 0.2) is 28.9 Å². The third kappa shape index (κ3) is 2.08. The lowest BCUT2D eigenvalue weighted by atomic mass is 10.5. The molecule has 1 N–H and O–H groups in total. The minimum atomic E-state index is -3.28. The fraction of sp³-hybridized carbons (Fsp3) is 0.375. The Hall–Kier alpha value is -0.830. The van der Waals surface area contributed by atoms with Gasteiger partial charge in [-0.1, -0.05) is 18.7 Å². The van der Waals surface area contributed by atoms with E-state index >= 15 is 0 Å². The van der Waals surface area contributed by atoms with Gasteiger partial charge in [0, 0.05) is 6.54 Å². The molecule has 0 bridgehead atoms. The van der Waals surface area contributed by atoms with Gasteiger partial charge in [-0.05, 0) is 18.6 Å². The fourth-order valence-corrected chi connectivity index (χ4v) is 1.90. The molecule has 0 saturated heterocycles. The Morgan fingerprint density at radius 2 is 2.33 bits per heavy atom. The maximum atomic E-state index is 11.3. The zero-order valence-corrected chi connectivity index (χ0v) is 7.69. The molecule has 1 rings (SSSR count). The molecule has 0 spiro atoms. The van der Waals surface area contributed by atoms with Crippen LogP contribution in [0.3, 0.4) is 0 Å². The molecule has 4 heteroatoms. The van der Waals surface area contributed by atoms with Gasteiger partial charge in [0.1, 0.15) is 4.91 Å². The summed E-state index contributed by atoms with van der Waals surface area (Å²) in [5, 5.41) is 0. The maximum Gasteiger partial charge on any atom is 0.247 e. The zero-order valence-electron chi connectivity index (χ0n) is 6.87. The van der Waals surface area contributed by atoms with Crippen molar-refractivity contribution in [2.24, 2.45) is 0 Å². The van der Waals surface area contributed by atoms with Crippen LogP contribution in [-0.4, -0.2) is 15.0 Å². The number of hydrogen-bond donors (Lipinski definition) is 1. The third-order valence-electron chi connectivity index (χ3n) is 1.40. The van der Waals surface area contributed by atoms with Crippen LogP contribution in [0.2, 0.25) is 0 Å². The smallest absolute Gasteiger partial charge is 0.211 e. The van der Waals surface area contributed by atoms with Crippen LogP contribution in [0.5, 0.6) is 0 Å². The molecule has 66 valence electrons. The summed E-state index contributed by atoms with van der Waals surface area (Å²) in [5.41, 5.74) is 2.64. The van der Waals surface area contributed by atoms with Crippen molar-refractivity contribution in [3.05, 3.63) is 28.9 Å².